The van der Waals surface area contributed by atoms with Crippen molar-refractivity contribution < 1.29 is 22.8 Å². The molecule has 2 aromatic rings. The number of hydrogen-bond donors (Lipinski definition) is 1. The first kappa shape index (κ1) is 25.4. The number of nitrogens with one attached hydrogen (secondary N) is 1. The van der Waals surface area contributed by atoms with Gasteiger partial charge in [-0.2, -0.15) is 13.2 Å². The molecule has 4 rings (SSSR count). The Labute approximate surface area is 208 Å². The summed E-state index contributed by atoms with van der Waals surface area (Å²) in [6, 6.07) is 12.1. The number of benzene rings is 2. The van der Waals surface area contributed by atoms with Crippen LogP contribution in [-0.2, 0) is 11.6 Å². The zero-order valence-corrected chi connectivity index (χ0v) is 20.9. The van der Waals surface area contributed by atoms with Gasteiger partial charge >= 0.3 is 12.2 Å². The summed E-state index contributed by atoms with van der Waals surface area (Å²) in [5.41, 5.74) is 0.675. The molecule has 2 aliphatic rings. The number of nitrogens with zero attached hydrogens (tertiary/aromatic N) is 2. The second kappa shape index (κ2) is 9.41. The highest BCUT2D eigenvalue weighted by atomic mass is 32.2. The van der Waals surface area contributed by atoms with Crippen LogP contribution in [0.25, 0.3) is 0 Å². The zero-order chi connectivity index (χ0) is 25.4. The van der Waals surface area contributed by atoms with Crippen molar-refractivity contribution in [1.82, 2.24) is 9.80 Å². The highest BCUT2D eigenvalue weighted by Crippen LogP contribution is 2.45. The van der Waals surface area contributed by atoms with E-state index in [1.54, 1.807) is 11.8 Å². The van der Waals surface area contributed by atoms with Crippen LogP contribution in [0.5, 0.6) is 0 Å². The number of amides is 3. The highest BCUT2D eigenvalue weighted by molar-refractivity contribution is 8.00. The molecule has 0 bridgehead atoms. The van der Waals surface area contributed by atoms with Crippen LogP contribution in [0.2, 0.25) is 0 Å². The van der Waals surface area contributed by atoms with Gasteiger partial charge in [0.2, 0.25) is 0 Å². The van der Waals surface area contributed by atoms with E-state index in [9.17, 15) is 22.8 Å². The van der Waals surface area contributed by atoms with Gasteiger partial charge in [0.25, 0.3) is 5.91 Å². The Morgan fingerprint density at radius 2 is 1.57 bits per heavy atom. The van der Waals surface area contributed by atoms with Crippen molar-refractivity contribution in [1.29, 1.82) is 0 Å². The molecule has 0 saturated carbocycles. The molecule has 2 aliphatic heterocycles. The van der Waals surface area contributed by atoms with E-state index in [2.05, 4.69) is 26.1 Å². The number of piperidine rings is 1. The monoisotopic (exact) mass is 505 g/mol. The number of likely N-dealkylation sites (tertiary alicyclic amines) is 1. The largest absolute Gasteiger partial charge is 0.418 e. The fourth-order valence-electron chi connectivity index (χ4n) is 4.67. The van der Waals surface area contributed by atoms with Crippen molar-refractivity contribution in [2.24, 2.45) is 0 Å². The van der Waals surface area contributed by atoms with Crippen molar-refractivity contribution in [3.8, 4) is 0 Å². The summed E-state index contributed by atoms with van der Waals surface area (Å²) >= 11 is 1.73. The van der Waals surface area contributed by atoms with Crippen molar-refractivity contribution >= 4 is 29.4 Å². The summed E-state index contributed by atoms with van der Waals surface area (Å²) in [7, 11) is 0. The molecule has 2 aromatic carbocycles. The molecule has 35 heavy (non-hydrogen) atoms. The molecular weight excluding hydrogens is 475 g/mol. The summed E-state index contributed by atoms with van der Waals surface area (Å²) in [5.74, 6) is 0.796. The van der Waals surface area contributed by atoms with Gasteiger partial charge < -0.3 is 15.1 Å². The lowest BCUT2D eigenvalue weighted by Crippen LogP contribution is -2.54. The van der Waals surface area contributed by atoms with E-state index in [4.69, 9.17) is 0 Å². The first-order valence-electron chi connectivity index (χ1n) is 11.7. The molecule has 2 saturated heterocycles. The highest BCUT2D eigenvalue weighted by Gasteiger charge is 2.47. The van der Waals surface area contributed by atoms with Crippen molar-refractivity contribution in [3.05, 3.63) is 65.2 Å². The molecule has 0 radical (unpaired) electrons. The number of halogens is 3. The molecule has 0 aliphatic carbocycles. The Morgan fingerprint density at radius 3 is 2.17 bits per heavy atom. The maximum Gasteiger partial charge on any atom is 0.418 e. The van der Waals surface area contributed by atoms with E-state index >= 15 is 0 Å². The van der Waals surface area contributed by atoms with Crippen LogP contribution in [0, 0.1) is 0 Å². The van der Waals surface area contributed by atoms with Gasteiger partial charge in [-0.3, -0.25) is 4.79 Å². The SMILES string of the molecule is CC(C)(C)c1ccc(C(=O)N2CCSC23CCN(C(=O)Nc2ccccc2C(F)(F)F)CC3)cc1. The number of para-hydroxylation sites is 1. The van der Waals surface area contributed by atoms with Gasteiger partial charge in [-0.25, -0.2) is 4.79 Å². The lowest BCUT2D eigenvalue weighted by atomic mass is 9.86. The molecule has 5 nitrogen and oxygen atoms in total. The minimum absolute atomic E-state index is 0.000309. The fraction of sp³-hybridized carbons (Fsp3) is 0.462. The summed E-state index contributed by atoms with van der Waals surface area (Å²) in [5, 5.41) is 2.42. The lowest BCUT2D eigenvalue weighted by molar-refractivity contribution is -0.136. The Morgan fingerprint density at radius 1 is 0.943 bits per heavy atom. The van der Waals surface area contributed by atoms with E-state index in [1.807, 2.05) is 29.2 Å². The molecular formula is C26H30F3N3O2S. The Balaban J connectivity index is 1.42. The van der Waals surface area contributed by atoms with Gasteiger partial charge in [0.15, 0.2) is 0 Å². The van der Waals surface area contributed by atoms with Crippen molar-refractivity contribution in [2.75, 3.05) is 30.7 Å². The molecule has 2 fully saturated rings. The van der Waals surface area contributed by atoms with Crippen molar-refractivity contribution in [3.63, 3.8) is 0 Å². The van der Waals surface area contributed by atoms with Gasteiger partial charge in [-0.15, -0.1) is 11.8 Å². The second-order valence-electron chi connectivity index (χ2n) is 10.0. The van der Waals surface area contributed by atoms with Crippen LogP contribution in [0.1, 0.15) is 55.1 Å². The maximum absolute atomic E-state index is 13.4. The summed E-state index contributed by atoms with van der Waals surface area (Å²) in [6.45, 7) is 7.74. The first-order valence-corrected chi connectivity index (χ1v) is 12.7. The summed E-state index contributed by atoms with van der Waals surface area (Å²) in [6.07, 6.45) is -3.42. The average Bonchev–Trinajstić information content (AvgIpc) is 3.21. The smallest absolute Gasteiger partial charge is 0.324 e. The van der Waals surface area contributed by atoms with Gasteiger partial charge in [0.1, 0.15) is 0 Å². The topological polar surface area (TPSA) is 52.7 Å². The molecule has 2 heterocycles. The number of thioether (sulfide) groups is 1. The predicted molar refractivity (Wildman–Crippen MR) is 133 cm³/mol. The Hall–Kier alpha value is -2.68. The number of hydrogen-bond acceptors (Lipinski definition) is 3. The quantitative estimate of drug-likeness (QED) is 0.528. The Kier molecular flexibility index (Phi) is 6.83. The third-order valence-electron chi connectivity index (χ3n) is 6.73. The fourth-order valence-corrected chi connectivity index (χ4v) is 6.13. The van der Waals surface area contributed by atoms with E-state index < -0.39 is 22.6 Å². The third-order valence-corrected chi connectivity index (χ3v) is 8.28. The molecule has 0 atom stereocenters. The standard InChI is InChI=1S/C26H30F3N3O2S/c1-24(2,3)19-10-8-18(9-11-19)22(33)32-16-17-35-25(32)12-14-31(15-13-25)23(34)30-21-7-5-4-6-20(21)26(27,28)29/h4-11H,12-17H2,1-3H3,(H,30,34). The van der Waals surface area contributed by atoms with Crippen LogP contribution in [0.3, 0.4) is 0 Å². The molecule has 9 heteroatoms. The number of rotatable bonds is 2. The summed E-state index contributed by atoms with van der Waals surface area (Å²) < 4.78 is 39.8. The van der Waals surface area contributed by atoms with Gasteiger partial charge in [0.05, 0.1) is 16.1 Å². The lowest BCUT2D eigenvalue weighted by Gasteiger charge is -2.44. The minimum Gasteiger partial charge on any atom is -0.324 e. The molecule has 1 N–H and O–H groups in total. The molecule has 188 valence electrons. The first-order chi connectivity index (χ1) is 16.4. The van der Waals surface area contributed by atoms with Crippen LogP contribution >= 0.6 is 11.8 Å². The number of carbonyl (C=O) groups is 2. The van der Waals surface area contributed by atoms with E-state index in [0.29, 0.717) is 38.0 Å². The molecule has 1 spiro atoms. The van der Waals surface area contributed by atoms with E-state index in [-0.39, 0.29) is 17.0 Å². The number of urea groups is 1. The van der Waals surface area contributed by atoms with Crippen LogP contribution in [-0.4, -0.2) is 52.0 Å². The number of anilines is 1. The van der Waals surface area contributed by atoms with Gasteiger partial charge in [0, 0.05) is 31.0 Å². The van der Waals surface area contributed by atoms with Crippen LogP contribution < -0.4 is 5.32 Å². The summed E-state index contributed by atoms with van der Waals surface area (Å²) in [4.78, 5) is 29.2. The maximum atomic E-state index is 13.4. The third kappa shape index (κ3) is 5.29. The number of carbonyl (C=O) groups excluding carboxylic acids is 2. The van der Waals surface area contributed by atoms with Crippen LogP contribution in [0.15, 0.2) is 48.5 Å². The van der Waals surface area contributed by atoms with Gasteiger partial charge in [-0.05, 0) is 48.1 Å². The van der Waals surface area contributed by atoms with E-state index in [1.165, 1.54) is 23.1 Å². The Bertz CT molecular complexity index is 1090. The second-order valence-corrected chi connectivity index (χ2v) is 11.5. The predicted octanol–water partition coefficient (Wildman–Crippen LogP) is 6.22. The zero-order valence-electron chi connectivity index (χ0n) is 20.1. The van der Waals surface area contributed by atoms with Gasteiger partial charge in [-0.1, -0.05) is 45.0 Å². The molecule has 3 amide bonds. The molecule has 0 unspecified atom stereocenters. The molecule has 0 aromatic heterocycles. The van der Waals surface area contributed by atoms with E-state index in [0.717, 1.165) is 17.4 Å². The average molecular weight is 506 g/mol. The van der Waals surface area contributed by atoms with Crippen LogP contribution in [0.4, 0.5) is 23.7 Å². The normalized spacial score (nSPS) is 18.1. The van der Waals surface area contributed by atoms with Crippen molar-refractivity contribution in [2.45, 2.75) is 50.1 Å². The number of alkyl halides is 3. The minimum atomic E-state index is -4.55.